The first-order valence-electron chi connectivity index (χ1n) is 12.8. The van der Waals surface area contributed by atoms with Gasteiger partial charge in [0.1, 0.15) is 11.5 Å². The molecule has 190 valence electrons. The lowest BCUT2D eigenvalue weighted by Gasteiger charge is -2.09. The van der Waals surface area contributed by atoms with Crippen molar-refractivity contribution in [1.29, 1.82) is 0 Å². The minimum Gasteiger partial charge on any atom is -0.494 e. The Balaban J connectivity index is 1.29. The van der Waals surface area contributed by atoms with Gasteiger partial charge in [-0.1, -0.05) is 81.0 Å². The Morgan fingerprint density at radius 2 is 1.43 bits per heavy atom. The molecule has 0 saturated carbocycles. The molecule has 0 bridgehead atoms. The van der Waals surface area contributed by atoms with Crippen molar-refractivity contribution >= 4 is 39.7 Å². The van der Waals surface area contributed by atoms with E-state index in [9.17, 15) is 4.79 Å². The van der Waals surface area contributed by atoms with Crippen molar-refractivity contribution in [3.8, 4) is 11.5 Å². The molecule has 0 heterocycles. The minimum atomic E-state index is -0.491. The number of rotatable bonds is 12. The Morgan fingerprint density at radius 3 is 2.19 bits per heavy atom. The first kappa shape index (κ1) is 26.4. The molecule has 0 fully saturated rings. The van der Waals surface area contributed by atoms with Gasteiger partial charge < -0.3 is 9.47 Å². The van der Waals surface area contributed by atoms with Crippen molar-refractivity contribution in [3.05, 3.63) is 95.5 Å². The minimum absolute atomic E-state index is 0.264. The quantitative estimate of drug-likeness (QED) is 0.0817. The van der Waals surface area contributed by atoms with E-state index in [1.54, 1.807) is 42.5 Å². The SMILES string of the molecule is CCCCCCCCOc1ccc(C(=O)Oc2ccc(N=Nc3ccc4ccccc4c3)cc2Cl)cc1. The standard InChI is InChI=1S/C31H31ClN2O3/c1-2-3-4-5-6-9-20-36-28-17-13-24(14-18-28)31(35)37-30-19-16-27(22-29(30)32)34-33-26-15-12-23-10-7-8-11-25(23)21-26/h7-8,10-19,21-22H,2-6,9,20H2,1H3. The maximum absolute atomic E-state index is 12.6. The number of hydrogen-bond donors (Lipinski definition) is 0. The average molecular weight is 515 g/mol. The fourth-order valence-corrected chi connectivity index (χ4v) is 4.12. The normalized spacial score (nSPS) is 11.2. The Kier molecular flexibility index (Phi) is 9.67. The summed E-state index contributed by atoms with van der Waals surface area (Å²) in [5.74, 6) is 0.513. The molecule has 5 nitrogen and oxygen atoms in total. The molecule has 0 aromatic heterocycles. The zero-order chi connectivity index (χ0) is 25.9. The molecule has 4 rings (SSSR count). The van der Waals surface area contributed by atoms with Crippen LogP contribution in [-0.4, -0.2) is 12.6 Å². The molecule has 0 unspecified atom stereocenters. The van der Waals surface area contributed by atoms with Crippen molar-refractivity contribution in [2.45, 2.75) is 45.4 Å². The first-order chi connectivity index (χ1) is 18.1. The van der Waals surface area contributed by atoms with E-state index in [0.717, 1.165) is 28.6 Å². The van der Waals surface area contributed by atoms with Crippen LogP contribution in [0.4, 0.5) is 11.4 Å². The Hall–Kier alpha value is -3.70. The second-order valence-corrected chi connectivity index (χ2v) is 9.28. The molecule has 4 aromatic rings. The van der Waals surface area contributed by atoms with Gasteiger partial charge >= 0.3 is 5.97 Å². The number of benzene rings is 4. The van der Waals surface area contributed by atoms with Gasteiger partial charge in [-0.3, -0.25) is 0 Å². The highest BCUT2D eigenvalue weighted by Crippen LogP contribution is 2.31. The monoisotopic (exact) mass is 514 g/mol. The highest BCUT2D eigenvalue weighted by molar-refractivity contribution is 6.32. The van der Waals surface area contributed by atoms with Gasteiger partial charge in [0.25, 0.3) is 0 Å². The number of fused-ring (bicyclic) bond motifs is 1. The van der Waals surface area contributed by atoms with Gasteiger partial charge in [0.05, 0.1) is 28.6 Å². The third-order valence-electron chi connectivity index (χ3n) is 5.99. The van der Waals surface area contributed by atoms with E-state index < -0.39 is 5.97 Å². The molecule has 0 aliphatic heterocycles. The second kappa shape index (κ2) is 13.6. The first-order valence-corrected chi connectivity index (χ1v) is 13.2. The van der Waals surface area contributed by atoms with Crippen molar-refractivity contribution in [2.75, 3.05) is 6.61 Å². The number of carbonyl (C=O) groups is 1. The summed E-state index contributed by atoms with van der Waals surface area (Å²) in [6.07, 6.45) is 7.29. The number of hydrogen-bond acceptors (Lipinski definition) is 5. The van der Waals surface area contributed by atoms with Crippen molar-refractivity contribution in [1.82, 2.24) is 0 Å². The summed E-state index contributed by atoms with van der Waals surface area (Å²) in [4.78, 5) is 12.6. The second-order valence-electron chi connectivity index (χ2n) is 8.88. The van der Waals surface area contributed by atoms with E-state index in [4.69, 9.17) is 21.1 Å². The summed E-state index contributed by atoms with van der Waals surface area (Å²) >= 11 is 6.36. The van der Waals surface area contributed by atoms with Gasteiger partial charge in [0.15, 0.2) is 0 Å². The van der Waals surface area contributed by atoms with Crippen LogP contribution in [0.25, 0.3) is 10.8 Å². The van der Waals surface area contributed by atoms with Crippen LogP contribution in [0.2, 0.25) is 5.02 Å². The molecule has 0 N–H and O–H groups in total. The molecule has 0 spiro atoms. The van der Waals surface area contributed by atoms with Crippen LogP contribution >= 0.6 is 11.6 Å². The van der Waals surface area contributed by atoms with E-state index in [0.29, 0.717) is 17.9 Å². The lowest BCUT2D eigenvalue weighted by molar-refractivity contribution is 0.0735. The molecule has 0 saturated heterocycles. The summed E-state index contributed by atoms with van der Waals surface area (Å²) in [6.45, 7) is 2.89. The number of azo groups is 1. The van der Waals surface area contributed by atoms with Crippen LogP contribution < -0.4 is 9.47 Å². The average Bonchev–Trinajstić information content (AvgIpc) is 2.93. The maximum atomic E-state index is 12.6. The third-order valence-corrected chi connectivity index (χ3v) is 6.28. The highest BCUT2D eigenvalue weighted by atomic mass is 35.5. The van der Waals surface area contributed by atoms with Crippen LogP contribution in [0, 0.1) is 0 Å². The number of unbranched alkanes of at least 4 members (excludes halogenated alkanes) is 5. The fourth-order valence-electron chi connectivity index (χ4n) is 3.91. The Bertz CT molecular complexity index is 1350. The molecule has 0 amide bonds. The largest absolute Gasteiger partial charge is 0.494 e. The lowest BCUT2D eigenvalue weighted by atomic mass is 10.1. The Labute approximate surface area is 223 Å². The molecular formula is C31H31ClN2O3. The fraction of sp³-hybridized carbons (Fsp3) is 0.258. The van der Waals surface area contributed by atoms with Gasteiger partial charge in [-0.25, -0.2) is 4.79 Å². The van der Waals surface area contributed by atoms with Crippen LogP contribution in [-0.2, 0) is 0 Å². The molecule has 6 heteroatoms. The number of ether oxygens (including phenoxy) is 2. The van der Waals surface area contributed by atoms with Gasteiger partial charge in [0, 0.05) is 0 Å². The van der Waals surface area contributed by atoms with Crippen molar-refractivity contribution < 1.29 is 14.3 Å². The van der Waals surface area contributed by atoms with Gasteiger partial charge in [0.2, 0.25) is 0 Å². The molecule has 4 aromatic carbocycles. The molecule has 37 heavy (non-hydrogen) atoms. The predicted molar refractivity (Wildman–Crippen MR) is 150 cm³/mol. The molecule has 0 aliphatic rings. The Morgan fingerprint density at radius 1 is 0.757 bits per heavy atom. The van der Waals surface area contributed by atoms with E-state index in [-0.39, 0.29) is 10.8 Å². The number of carbonyl (C=O) groups excluding carboxylic acids is 1. The summed E-state index contributed by atoms with van der Waals surface area (Å²) in [5.41, 5.74) is 1.72. The third kappa shape index (κ3) is 7.89. The lowest BCUT2D eigenvalue weighted by Crippen LogP contribution is -2.08. The zero-order valence-electron chi connectivity index (χ0n) is 21.0. The van der Waals surface area contributed by atoms with Gasteiger partial charge in [-0.15, -0.1) is 0 Å². The maximum Gasteiger partial charge on any atom is 0.343 e. The van der Waals surface area contributed by atoms with Crippen LogP contribution in [0.3, 0.4) is 0 Å². The van der Waals surface area contributed by atoms with Crippen molar-refractivity contribution in [3.63, 3.8) is 0 Å². The molecular weight excluding hydrogens is 484 g/mol. The topological polar surface area (TPSA) is 60.2 Å². The number of nitrogens with zero attached hydrogens (tertiary/aromatic N) is 2. The predicted octanol–water partition coefficient (Wildman–Crippen LogP) is 9.87. The summed E-state index contributed by atoms with van der Waals surface area (Å²) in [5, 5.41) is 11.1. The van der Waals surface area contributed by atoms with Crippen LogP contribution in [0.5, 0.6) is 11.5 Å². The molecule has 0 atom stereocenters. The summed E-state index contributed by atoms with van der Waals surface area (Å²) in [7, 11) is 0. The zero-order valence-corrected chi connectivity index (χ0v) is 21.8. The number of halogens is 1. The van der Waals surface area contributed by atoms with Gasteiger partial charge in [-0.2, -0.15) is 10.2 Å². The van der Waals surface area contributed by atoms with Crippen LogP contribution in [0.15, 0.2) is 95.2 Å². The van der Waals surface area contributed by atoms with E-state index in [1.807, 2.05) is 36.4 Å². The summed E-state index contributed by atoms with van der Waals surface area (Å²) < 4.78 is 11.3. The smallest absolute Gasteiger partial charge is 0.343 e. The van der Waals surface area contributed by atoms with E-state index in [1.165, 1.54) is 32.1 Å². The van der Waals surface area contributed by atoms with Gasteiger partial charge in [-0.05, 0) is 71.8 Å². The van der Waals surface area contributed by atoms with E-state index in [2.05, 4.69) is 23.2 Å². The van der Waals surface area contributed by atoms with E-state index >= 15 is 0 Å². The highest BCUT2D eigenvalue weighted by Gasteiger charge is 2.12. The van der Waals surface area contributed by atoms with Crippen LogP contribution in [0.1, 0.15) is 55.8 Å². The van der Waals surface area contributed by atoms with Crippen molar-refractivity contribution in [2.24, 2.45) is 10.2 Å². The summed E-state index contributed by atoms with van der Waals surface area (Å²) in [6, 6.07) is 25.9. The molecule has 0 radical (unpaired) electrons. The number of esters is 1. The molecule has 0 aliphatic carbocycles.